The number of aromatic amines is 1. The summed E-state index contributed by atoms with van der Waals surface area (Å²) in [6, 6.07) is 3.45. The van der Waals surface area contributed by atoms with Gasteiger partial charge in [-0.2, -0.15) is 15.4 Å². The number of nitrogens with one attached hydrogen (secondary N) is 1. The van der Waals surface area contributed by atoms with Crippen LogP contribution in [0.1, 0.15) is 15.9 Å². The van der Waals surface area contributed by atoms with E-state index < -0.39 is 5.97 Å². The van der Waals surface area contributed by atoms with E-state index in [2.05, 4.69) is 15.4 Å². The molecular formula is C8H7AgN3O2+. The van der Waals surface area contributed by atoms with Crippen LogP contribution in [0.5, 0.6) is 0 Å². The van der Waals surface area contributed by atoms with Gasteiger partial charge in [-0.3, -0.25) is 0 Å². The smallest absolute Gasteiger partial charge is 0.478 e. The number of nitrogens with zero attached hydrogens (tertiary/aromatic N) is 2. The molecule has 1 aromatic carbocycles. The molecule has 2 aromatic rings. The molecule has 0 unspecified atom stereocenters. The fourth-order valence-corrected chi connectivity index (χ4v) is 1.28. The number of aryl methyl sites for hydroxylation is 1. The van der Waals surface area contributed by atoms with Crippen LogP contribution in [-0.4, -0.2) is 26.5 Å². The van der Waals surface area contributed by atoms with Crippen molar-refractivity contribution in [1.82, 2.24) is 15.4 Å². The van der Waals surface area contributed by atoms with E-state index in [1.54, 1.807) is 19.1 Å². The van der Waals surface area contributed by atoms with E-state index in [4.69, 9.17) is 5.11 Å². The van der Waals surface area contributed by atoms with Gasteiger partial charge in [-0.15, -0.1) is 0 Å². The molecule has 0 aliphatic rings. The fourth-order valence-electron chi connectivity index (χ4n) is 1.28. The number of benzene rings is 1. The van der Waals surface area contributed by atoms with Gasteiger partial charge in [0.05, 0.1) is 5.56 Å². The van der Waals surface area contributed by atoms with Gasteiger partial charge in [0.15, 0.2) is 0 Å². The summed E-state index contributed by atoms with van der Waals surface area (Å²) in [7, 11) is 0. The molecule has 5 nitrogen and oxygen atoms in total. The maximum atomic E-state index is 10.9. The Labute approximate surface area is 95.0 Å². The predicted octanol–water partition coefficient (Wildman–Crippen LogP) is 0.962. The van der Waals surface area contributed by atoms with E-state index in [1.807, 2.05) is 0 Å². The summed E-state index contributed by atoms with van der Waals surface area (Å²) >= 11 is 0. The zero-order valence-corrected chi connectivity index (χ0v) is 8.69. The third kappa shape index (κ3) is 1.57. The first-order chi connectivity index (χ1) is 6.20. The molecule has 76 valence electrons. The van der Waals surface area contributed by atoms with Gasteiger partial charge in [-0.25, -0.2) is 4.79 Å². The number of carboxylic acid groups (broad SMARTS) is 1. The van der Waals surface area contributed by atoms with E-state index >= 15 is 0 Å². The van der Waals surface area contributed by atoms with Crippen LogP contribution in [-0.2, 0) is 22.4 Å². The van der Waals surface area contributed by atoms with Gasteiger partial charge in [0, 0.05) is 0 Å². The molecule has 0 fully saturated rings. The molecule has 1 heterocycles. The molecule has 0 spiro atoms. The molecule has 14 heavy (non-hydrogen) atoms. The Morgan fingerprint density at radius 3 is 2.79 bits per heavy atom. The van der Waals surface area contributed by atoms with Crippen molar-refractivity contribution in [3.8, 4) is 0 Å². The summed E-state index contributed by atoms with van der Waals surface area (Å²) in [4.78, 5) is 10.9. The third-order valence-electron chi connectivity index (χ3n) is 1.91. The van der Waals surface area contributed by atoms with Gasteiger partial charge in [0.25, 0.3) is 0 Å². The summed E-state index contributed by atoms with van der Waals surface area (Å²) in [6.07, 6.45) is 0. The average Bonchev–Trinajstić information content (AvgIpc) is 2.50. The molecule has 0 aliphatic carbocycles. The summed E-state index contributed by atoms with van der Waals surface area (Å²) < 4.78 is 0. The Balaban J connectivity index is 0.000000980. The maximum absolute atomic E-state index is 10.9. The number of H-pyrrole nitrogens is 1. The van der Waals surface area contributed by atoms with Crippen molar-refractivity contribution in [1.29, 1.82) is 0 Å². The van der Waals surface area contributed by atoms with Crippen molar-refractivity contribution < 1.29 is 32.3 Å². The van der Waals surface area contributed by atoms with Crippen molar-refractivity contribution in [3.05, 3.63) is 23.3 Å². The predicted molar refractivity (Wildman–Crippen MR) is 45.6 cm³/mol. The Morgan fingerprint density at radius 2 is 2.14 bits per heavy atom. The van der Waals surface area contributed by atoms with Gasteiger partial charge in [-0.1, -0.05) is 6.07 Å². The van der Waals surface area contributed by atoms with Crippen LogP contribution in [0, 0.1) is 6.92 Å². The third-order valence-corrected chi connectivity index (χ3v) is 1.91. The van der Waals surface area contributed by atoms with E-state index in [0.29, 0.717) is 16.6 Å². The van der Waals surface area contributed by atoms with Crippen molar-refractivity contribution in [2.45, 2.75) is 6.92 Å². The van der Waals surface area contributed by atoms with Crippen LogP contribution < -0.4 is 0 Å². The molecule has 0 bridgehead atoms. The van der Waals surface area contributed by atoms with Crippen LogP contribution in [0.2, 0.25) is 0 Å². The molecule has 6 heteroatoms. The zero-order chi connectivity index (χ0) is 9.42. The molecule has 2 rings (SSSR count). The number of aromatic carboxylic acids is 1. The van der Waals surface area contributed by atoms with Gasteiger partial charge >= 0.3 is 28.3 Å². The molecule has 0 aliphatic heterocycles. The second-order valence-corrected chi connectivity index (χ2v) is 2.75. The van der Waals surface area contributed by atoms with Gasteiger partial charge in [0.2, 0.25) is 0 Å². The summed E-state index contributed by atoms with van der Waals surface area (Å²) in [5.41, 5.74) is 1.88. The monoisotopic (exact) mass is 284 g/mol. The first kappa shape index (κ1) is 10.9. The number of carbonyl (C=O) groups is 1. The quantitative estimate of drug-likeness (QED) is 0.765. The molecule has 0 radical (unpaired) electrons. The topological polar surface area (TPSA) is 78.9 Å². The Hall–Kier alpha value is -1.17. The first-order valence-electron chi connectivity index (χ1n) is 3.73. The van der Waals surface area contributed by atoms with Crippen LogP contribution in [0.3, 0.4) is 0 Å². The minimum atomic E-state index is -0.975. The van der Waals surface area contributed by atoms with Crippen LogP contribution in [0.15, 0.2) is 12.1 Å². The number of rotatable bonds is 1. The van der Waals surface area contributed by atoms with E-state index in [1.165, 1.54) is 0 Å². The van der Waals surface area contributed by atoms with Gasteiger partial charge < -0.3 is 5.11 Å². The zero-order valence-electron chi connectivity index (χ0n) is 7.21. The molecular weight excluding hydrogens is 278 g/mol. The average molecular weight is 285 g/mol. The van der Waals surface area contributed by atoms with Gasteiger partial charge in [-0.05, 0) is 18.6 Å². The van der Waals surface area contributed by atoms with Crippen LogP contribution in [0.4, 0.5) is 0 Å². The second kappa shape index (κ2) is 3.91. The number of carboxylic acids is 1. The van der Waals surface area contributed by atoms with E-state index in [9.17, 15) is 4.79 Å². The minimum Gasteiger partial charge on any atom is -0.478 e. The number of fused-ring (bicyclic) bond motifs is 1. The second-order valence-electron chi connectivity index (χ2n) is 2.75. The fraction of sp³-hybridized carbons (Fsp3) is 0.125. The molecule has 0 saturated heterocycles. The Morgan fingerprint density at radius 1 is 1.43 bits per heavy atom. The van der Waals surface area contributed by atoms with Gasteiger partial charge in [0.1, 0.15) is 11.0 Å². The van der Waals surface area contributed by atoms with Crippen molar-refractivity contribution in [2.24, 2.45) is 0 Å². The van der Waals surface area contributed by atoms with Crippen LogP contribution in [0.25, 0.3) is 11.0 Å². The SMILES string of the molecule is Cc1ccc2n[nH]nc2c1C(=O)O.[Ag+]. The van der Waals surface area contributed by atoms with E-state index in [0.717, 1.165) is 0 Å². The summed E-state index contributed by atoms with van der Waals surface area (Å²) in [5, 5.41) is 18.9. The summed E-state index contributed by atoms with van der Waals surface area (Å²) in [5.74, 6) is -0.975. The number of hydrogen-bond acceptors (Lipinski definition) is 3. The normalized spacial score (nSPS) is 9.79. The molecule has 0 amide bonds. The number of hydrogen-bond donors (Lipinski definition) is 2. The van der Waals surface area contributed by atoms with Crippen LogP contribution >= 0.6 is 0 Å². The van der Waals surface area contributed by atoms with E-state index in [-0.39, 0.29) is 27.9 Å². The standard InChI is InChI=1S/C8H7N3O2.Ag/c1-4-2-3-5-7(10-11-9-5)6(4)8(12)13;/h2-3H,1H3,(H,12,13)(H,9,10,11);/q;+1. The Kier molecular flexibility index (Phi) is 3.05. The number of aromatic nitrogens is 3. The molecule has 1 aromatic heterocycles. The summed E-state index contributed by atoms with van der Waals surface area (Å²) in [6.45, 7) is 1.73. The van der Waals surface area contributed by atoms with Crippen molar-refractivity contribution >= 4 is 17.0 Å². The molecule has 0 atom stereocenters. The van der Waals surface area contributed by atoms with Crippen molar-refractivity contribution in [3.63, 3.8) is 0 Å². The molecule has 0 saturated carbocycles. The Bertz CT molecular complexity index is 480. The maximum Gasteiger partial charge on any atom is 1.00 e. The first-order valence-corrected chi connectivity index (χ1v) is 3.73. The molecule has 2 N–H and O–H groups in total. The largest absolute Gasteiger partial charge is 1.00 e. The minimum absolute atomic E-state index is 0. The van der Waals surface area contributed by atoms with Crippen molar-refractivity contribution in [2.75, 3.05) is 0 Å².